The standard InChI is InChI=1S/C11H22N4/c1-13-7-8-14(2)10(9-13)11(12)15-5-3-4-6-15/h10,12H,3-9H2,1-2H3. The van der Waals surface area contributed by atoms with Crippen LogP contribution < -0.4 is 0 Å². The van der Waals surface area contributed by atoms with Crippen LogP contribution >= 0.6 is 0 Å². The molecule has 4 nitrogen and oxygen atoms in total. The second-order valence-electron chi connectivity index (χ2n) is 4.84. The lowest BCUT2D eigenvalue weighted by Crippen LogP contribution is -2.56. The maximum Gasteiger partial charge on any atom is 0.115 e. The van der Waals surface area contributed by atoms with Crippen molar-refractivity contribution in [3.8, 4) is 0 Å². The van der Waals surface area contributed by atoms with Gasteiger partial charge in [-0.2, -0.15) is 0 Å². The number of amidine groups is 1. The highest BCUT2D eigenvalue weighted by Gasteiger charge is 2.29. The molecule has 0 aromatic rings. The first-order chi connectivity index (χ1) is 7.18. The van der Waals surface area contributed by atoms with Crippen LogP contribution in [0.25, 0.3) is 0 Å². The molecule has 0 spiro atoms. The predicted octanol–water partition coefficient (Wildman–Crippen LogP) is 0.305. The molecule has 2 aliphatic rings. The van der Waals surface area contributed by atoms with E-state index in [0.717, 1.165) is 38.6 Å². The SMILES string of the molecule is CN1CCN(C)C(C(=N)N2CCCC2)C1. The van der Waals surface area contributed by atoms with Crippen molar-refractivity contribution in [3.63, 3.8) is 0 Å². The zero-order valence-electron chi connectivity index (χ0n) is 9.87. The Morgan fingerprint density at radius 1 is 1.07 bits per heavy atom. The average molecular weight is 210 g/mol. The summed E-state index contributed by atoms with van der Waals surface area (Å²) in [5.41, 5.74) is 0. The number of nitrogens with zero attached hydrogens (tertiary/aromatic N) is 3. The minimum Gasteiger partial charge on any atom is -0.359 e. The first-order valence-electron chi connectivity index (χ1n) is 5.90. The van der Waals surface area contributed by atoms with E-state index in [1.807, 2.05) is 0 Å². The van der Waals surface area contributed by atoms with Crippen LogP contribution in [0.1, 0.15) is 12.8 Å². The minimum absolute atomic E-state index is 0.307. The lowest BCUT2D eigenvalue weighted by molar-refractivity contribution is 0.143. The van der Waals surface area contributed by atoms with E-state index in [2.05, 4.69) is 28.8 Å². The van der Waals surface area contributed by atoms with Gasteiger partial charge in [0.15, 0.2) is 0 Å². The largest absolute Gasteiger partial charge is 0.359 e. The lowest BCUT2D eigenvalue weighted by atomic mass is 10.1. The molecule has 0 aliphatic carbocycles. The Labute approximate surface area is 92.3 Å². The molecule has 4 heteroatoms. The summed E-state index contributed by atoms with van der Waals surface area (Å²) in [5.74, 6) is 0.835. The van der Waals surface area contributed by atoms with Gasteiger partial charge in [-0.1, -0.05) is 0 Å². The Balaban J connectivity index is 1.97. The van der Waals surface area contributed by atoms with Crippen molar-refractivity contribution in [1.29, 1.82) is 5.41 Å². The Morgan fingerprint density at radius 2 is 1.73 bits per heavy atom. The number of likely N-dealkylation sites (N-methyl/N-ethyl adjacent to an activating group) is 2. The molecule has 2 fully saturated rings. The van der Waals surface area contributed by atoms with E-state index >= 15 is 0 Å². The summed E-state index contributed by atoms with van der Waals surface area (Å²) in [6.45, 7) is 5.39. The molecule has 0 aromatic heterocycles. The van der Waals surface area contributed by atoms with E-state index < -0.39 is 0 Å². The van der Waals surface area contributed by atoms with E-state index in [9.17, 15) is 0 Å². The topological polar surface area (TPSA) is 33.6 Å². The Morgan fingerprint density at radius 3 is 2.40 bits per heavy atom. The minimum atomic E-state index is 0.307. The highest BCUT2D eigenvalue weighted by atomic mass is 15.3. The Bertz CT molecular complexity index is 235. The van der Waals surface area contributed by atoms with Crippen LogP contribution in [0, 0.1) is 5.41 Å². The van der Waals surface area contributed by atoms with Gasteiger partial charge in [-0.15, -0.1) is 0 Å². The molecule has 1 atom stereocenters. The summed E-state index contributed by atoms with van der Waals surface area (Å²) in [6.07, 6.45) is 2.52. The van der Waals surface area contributed by atoms with E-state index in [0.29, 0.717) is 6.04 Å². The third-order valence-corrected chi connectivity index (χ3v) is 3.61. The zero-order chi connectivity index (χ0) is 10.8. The number of likely N-dealkylation sites (tertiary alicyclic amines) is 1. The van der Waals surface area contributed by atoms with Gasteiger partial charge < -0.3 is 9.80 Å². The fraction of sp³-hybridized carbons (Fsp3) is 0.909. The molecule has 1 N–H and O–H groups in total. The highest BCUT2D eigenvalue weighted by Crippen LogP contribution is 2.14. The van der Waals surface area contributed by atoms with E-state index in [1.165, 1.54) is 12.8 Å². The predicted molar refractivity (Wildman–Crippen MR) is 62.4 cm³/mol. The number of hydrogen-bond donors (Lipinski definition) is 1. The second-order valence-corrected chi connectivity index (χ2v) is 4.84. The van der Waals surface area contributed by atoms with Crippen LogP contribution in [0.5, 0.6) is 0 Å². The molecule has 2 aliphatic heterocycles. The summed E-state index contributed by atoms with van der Waals surface area (Å²) in [7, 11) is 4.29. The number of piperazine rings is 1. The summed E-state index contributed by atoms with van der Waals surface area (Å²) in [6, 6.07) is 0.307. The van der Waals surface area contributed by atoms with Crippen molar-refractivity contribution in [2.75, 3.05) is 46.8 Å². The fourth-order valence-corrected chi connectivity index (χ4v) is 2.47. The van der Waals surface area contributed by atoms with Gasteiger partial charge in [0.2, 0.25) is 0 Å². The molecule has 1 unspecified atom stereocenters. The van der Waals surface area contributed by atoms with Crippen LogP contribution in [-0.2, 0) is 0 Å². The molecule has 2 rings (SSSR count). The van der Waals surface area contributed by atoms with Crippen LogP contribution in [0.3, 0.4) is 0 Å². The molecule has 2 heterocycles. The van der Waals surface area contributed by atoms with Gasteiger partial charge in [-0.05, 0) is 26.9 Å². The summed E-state index contributed by atoms with van der Waals surface area (Å²) >= 11 is 0. The normalized spacial score (nSPS) is 29.7. The van der Waals surface area contributed by atoms with Crippen LogP contribution in [0.4, 0.5) is 0 Å². The van der Waals surface area contributed by atoms with E-state index in [4.69, 9.17) is 5.41 Å². The van der Waals surface area contributed by atoms with Gasteiger partial charge in [0.25, 0.3) is 0 Å². The molecule has 0 aromatic carbocycles. The molecular weight excluding hydrogens is 188 g/mol. The third kappa shape index (κ3) is 2.32. The van der Waals surface area contributed by atoms with Gasteiger partial charge >= 0.3 is 0 Å². The van der Waals surface area contributed by atoms with Gasteiger partial charge in [-0.25, -0.2) is 0 Å². The second kappa shape index (κ2) is 4.49. The molecule has 15 heavy (non-hydrogen) atoms. The van der Waals surface area contributed by atoms with Gasteiger partial charge in [0, 0.05) is 32.7 Å². The monoisotopic (exact) mass is 210 g/mol. The van der Waals surface area contributed by atoms with E-state index in [-0.39, 0.29) is 0 Å². The molecule has 0 amide bonds. The first-order valence-corrected chi connectivity index (χ1v) is 5.90. The highest BCUT2D eigenvalue weighted by molar-refractivity contribution is 5.85. The van der Waals surface area contributed by atoms with Crippen LogP contribution in [0.15, 0.2) is 0 Å². The van der Waals surface area contributed by atoms with E-state index in [1.54, 1.807) is 0 Å². The lowest BCUT2D eigenvalue weighted by Gasteiger charge is -2.40. The summed E-state index contributed by atoms with van der Waals surface area (Å²) in [5, 5.41) is 8.26. The smallest absolute Gasteiger partial charge is 0.115 e. The van der Waals surface area contributed by atoms with Gasteiger partial charge in [0.05, 0.1) is 6.04 Å². The van der Waals surface area contributed by atoms with Crippen LogP contribution in [0.2, 0.25) is 0 Å². The Kier molecular flexibility index (Phi) is 3.26. The maximum absolute atomic E-state index is 8.26. The first kappa shape index (κ1) is 10.9. The molecule has 0 bridgehead atoms. The van der Waals surface area contributed by atoms with Crippen molar-refractivity contribution in [3.05, 3.63) is 0 Å². The number of rotatable bonds is 1. The van der Waals surface area contributed by atoms with Gasteiger partial charge in [-0.3, -0.25) is 10.3 Å². The third-order valence-electron chi connectivity index (χ3n) is 3.61. The molecular formula is C11H22N4. The number of nitrogens with one attached hydrogen (secondary N) is 1. The Hall–Kier alpha value is -0.610. The molecule has 86 valence electrons. The average Bonchev–Trinajstić information content (AvgIpc) is 2.74. The van der Waals surface area contributed by atoms with Gasteiger partial charge in [0.1, 0.15) is 5.84 Å². The van der Waals surface area contributed by atoms with Crippen molar-refractivity contribution < 1.29 is 0 Å². The number of hydrogen-bond acceptors (Lipinski definition) is 3. The molecule has 0 saturated carbocycles. The maximum atomic E-state index is 8.26. The van der Waals surface area contributed by atoms with Crippen molar-refractivity contribution in [2.24, 2.45) is 0 Å². The van der Waals surface area contributed by atoms with Crippen LogP contribution in [-0.4, -0.2) is 73.4 Å². The molecule has 2 saturated heterocycles. The van der Waals surface area contributed by atoms with Crippen molar-refractivity contribution in [2.45, 2.75) is 18.9 Å². The van der Waals surface area contributed by atoms with Crippen molar-refractivity contribution >= 4 is 5.84 Å². The zero-order valence-corrected chi connectivity index (χ0v) is 9.87. The summed E-state index contributed by atoms with van der Waals surface area (Å²) in [4.78, 5) is 6.90. The van der Waals surface area contributed by atoms with Crippen molar-refractivity contribution in [1.82, 2.24) is 14.7 Å². The fourth-order valence-electron chi connectivity index (χ4n) is 2.47. The molecule has 0 radical (unpaired) electrons. The quantitative estimate of drug-likeness (QED) is 0.499. The summed E-state index contributed by atoms with van der Waals surface area (Å²) < 4.78 is 0.